The standard InChI is InChI=1S/C29H34N4O/c1-3-31-16-18-32(19-17-31)27-12-13-28(22(2)20-27)30-29(34)24-8-10-26(11-9-24)33-15-14-23-6-4-5-7-25(23)21-33/h4-13,20H,3,14-19,21H2,1-2H3,(H,30,34). The molecule has 3 aromatic carbocycles. The van der Waals surface area contributed by atoms with Gasteiger partial charge in [-0.15, -0.1) is 0 Å². The van der Waals surface area contributed by atoms with Crippen LogP contribution in [0, 0.1) is 6.92 Å². The van der Waals surface area contributed by atoms with Crippen molar-refractivity contribution in [2.24, 2.45) is 0 Å². The predicted octanol–water partition coefficient (Wildman–Crippen LogP) is 4.95. The fourth-order valence-electron chi connectivity index (χ4n) is 5.04. The van der Waals surface area contributed by atoms with Crippen molar-refractivity contribution in [1.82, 2.24) is 4.90 Å². The third-order valence-corrected chi connectivity index (χ3v) is 7.27. The molecule has 0 atom stereocenters. The number of aryl methyl sites for hydroxylation is 1. The molecule has 0 unspecified atom stereocenters. The first-order valence-corrected chi connectivity index (χ1v) is 12.4. The number of anilines is 3. The molecule has 5 rings (SSSR count). The summed E-state index contributed by atoms with van der Waals surface area (Å²) in [5, 5.41) is 3.11. The molecule has 1 fully saturated rings. The molecule has 34 heavy (non-hydrogen) atoms. The van der Waals surface area contributed by atoms with Crippen LogP contribution in [0.3, 0.4) is 0 Å². The Morgan fingerprint density at radius 3 is 2.24 bits per heavy atom. The molecule has 0 aliphatic carbocycles. The topological polar surface area (TPSA) is 38.8 Å². The summed E-state index contributed by atoms with van der Waals surface area (Å²) in [6, 6.07) is 23.0. The van der Waals surface area contributed by atoms with E-state index >= 15 is 0 Å². The lowest BCUT2D eigenvalue weighted by Crippen LogP contribution is -2.46. The number of hydrogen-bond acceptors (Lipinski definition) is 4. The van der Waals surface area contributed by atoms with Crippen molar-refractivity contribution in [3.8, 4) is 0 Å². The van der Waals surface area contributed by atoms with Crippen LogP contribution in [-0.2, 0) is 13.0 Å². The van der Waals surface area contributed by atoms with Gasteiger partial charge in [-0.3, -0.25) is 4.79 Å². The molecular formula is C29H34N4O. The molecule has 0 spiro atoms. The lowest BCUT2D eigenvalue weighted by atomic mass is 9.99. The monoisotopic (exact) mass is 454 g/mol. The van der Waals surface area contributed by atoms with Gasteiger partial charge < -0.3 is 20.0 Å². The summed E-state index contributed by atoms with van der Waals surface area (Å²) in [6.45, 7) is 11.6. The first kappa shape index (κ1) is 22.5. The Hall–Kier alpha value is -3.31. The molecule has 0 saturated carbocycles. The van der Waals surface area contributed by atoms with Crippen molar-refractivity contribution < 1.29 is 4.79 Å². The van der Waals surface area contributed by atoms with E-state index in [9.17, 15) is 4.79 Å². The maximum atomic E-state index is 12.9. The normalized spacial score (nSPS) is 16.3. The van der Waals surface area contributed by atoms with Crippen molar-refractivity contribution >= 4 is 23.0 Å². The third kappa shape index (κ3) is 4.80. The fraction of sp³-hybridized carbons (Fsp3) is 0.345. The number of carbonyl (C=O) groups is 1. The maximum Gasteiger partial charge on any atom is 0.255 e. The van der Waals surface area contributed by atoms with Crippen molar-refractivity contribution in [1.29, 1.82) is 0 Å². The Bertz CT molecular complexity index is 1150. The molecule has 0 bridgehead atoms. The van der Waals surface area contributed by atoms with Gasteiger partial charge in [0.05, 0.1) is 0 Å². The summed E-state index contributed by atoms with van der Waals surface area (Å²) in [5.41, 5.74) is 7.87. The number of benzene rings is 3. The number of nitrogens with one attached hydrogen (secondary N) is 1. The smallest absolute Gasteiger partial charge is 0.255 e. The molecule has 176 valence electrons. The molecule has 0 radical (unpaired) electrons. The average Bonchev–Trinajstić information content (AvgIpc) is 2.89. The van der Waals surface area contributed by atoms with Gasteiger partial charge in [0.1, 0.15) is 0 Å². The van der Waals surface area contributed by atoms with Crippen LogP contribution in [0.4, 0.5) is 17.1 Å². The Morgan fingerprint density at radius 1 is 0.824 bits per heavy atom. The number of carbonyl (C=O) groups excluding carboxylic acids is 1. The third-order valence-electron chi connectivity index (χ3n) is 7.27. The largest absolute Gasteiger partial charge is 0.369 e. The van der Waals surface area contributed by atoms with Crippen LogP contribution in [0.1, 0.15) is 34.0 Å². The lowest BCUT2D eigenvalue weighted by Gasteiger charge is -2.35. The number of nitrogens with zero attached hydrogens (tertiary/aromatic N) is 3. The van der Waals surface area contributed by atoms with E-state index < -0.39 is 0 Å². The summed E-state index contributed by atoms with van der Waals surface area (Å²) in [4.78, 5) is 20.2. The van der Waals surface area contributed by atoms with Gasteiger partial charge in [-0.1, -0.05) is 31.2 Å². The molecule has 2 aliphatic heterocycles. The number of hydrogen-bond donors (Lipinski definition) is 1. The van der Waals surface area contributed by atoms with Crippen LogP contribution < -0.4 is 15.1 Å². The van der Waals surface area contributed by atoms with Crippen molar-refractivity contribution in [2.75, 3.05) is 54.4 Å². The van der Waals surface area contributed by atoms with E-state index in [2.05, 4.69) is 82.4 Å². The van der Waals surface area contributed by atoms with E-state index in [0.29, 0.717) is 5.56 Å². The second-order valence-corrected chi connectivity index (χ2v) is 9.36. The molecule has 1 saturated heterocycles. The minimum Gasteiger partial charge on any atom is -0.369 e. The molecule has 5 nitrogen and oxygen atoms in total. The second kappa shape index (κ2) is 9.90. The Kier molecular flexibility index (Phi) is 6.54. The van der Waals surface area contributed by atoms with E-state index in [4.69, 9.17) is 0 Å². The quantitative estimate of drug-likeness (QED) is 0.592. The van der Waals surface area contributed by atoms with Gasteiger partial charge in [-0.25, -0.2) is 0 Å². The van der Waals surface area contributed by atoms with Gasteiger partial charge in [-0.05, 0) is 79.0 Å². The molecule has 3 aromatic rings. The minimum absolute atomic E-state index is 0.0667. The van der Waals surface area contributed by atoms with E-state index in [1.807, 2.05) is 18.2 Å². The summed E-state index contributed by atoms with van der Waals surface area (Å²) in [7, 11) is 0. The van der Waals surface area contributed by atoms with Crippen LogP contribution in [0.5, 0.6) is 0 Å². The van der Waals surface area contributed by atoms with E-state index in [1.54, 1.807) is 0 Å². The van der Waals surface area contributed by atoms with Crippen LogP contribution in [0.25, 0.3) is 0 Å². The summed E-state index contributed by atoms with van der Waals surface area (Å²) >= 11 is 0. The Balaban J connectivity index is 1.22. The molecular weight excluding hydrogens is 420 g/mol. The summed E-state index contributed by atoms with van der Waals surface area (Å²) in [5.74, 6) is -0.0667. The Morgan fingerprint density at radius 2 is 1.53 bits per heavy atom. The van der Waals surface area contributed by atoms with Crippen molar-refractivity contribution in [3.05, 3.63) is 89.0 Å². The molecule has 2 heterocycles. The van der Waals surface area contributed by atoms with Crippen molar-refractivity contribution in [2.45, 2.75) is 26.8 Å². The van der Waals surface area contributed by atoms with Crippen LogP contribution in [0.15, 0.2) is 66.7 Å². The first-order valence-electron chi connectivity index (χ1n) is 12.4. The second-order valence-electron chi connectivity index (χ2n) is 9.36. The molecule has 5 heteroatoms. The Labute approximate surface area is 203 Å². The number of piperazine rings is 1. The lowest BCUT2D eigenvalue weighted by molar-refractivity contribution is 0.102. The predicted molar refractivity (Wildman–Crippen MR) is 141 cm³/mol. The zero-order valence-electron chi connectivity index (χ0n) is 20.3. The molecule has 2 aliphatic rings. The highest BCUT2D eigenvalue weighted by Gasteiger charge is 2.18. The number of rotatable bonds is 5. The minimum atomic E-state index is -0.0667. The van der Waals surface area contributed by atoms with Gasteiger partial charge in [0.15, 0.2) is 0 Å². The van der Waals surface area contributed by atoms with E-state index in [0.717, 1.165) is 69.2 Å². The van der Waals surface area contributed by atoms with E-state index in [1.165, 1.54) is 16.8 Å². The highest BCUT2D eigenvalue weighted by Crippen LogP contribution is 2.26. The fourth-order valence-corrected chi connectivity index (χ4v) is 5.04. The molecule has 1 N–H and O–H groups in total. The molecule has 0 aromatic heterocycles. The maximum absolute atomic E-state index is 12.9. The van der Waals surface area contributed by atoms with Gasteiger partial charge in [0.25, 0.3) is 5.91 Å². The van der Waals surface area contributed by atoms with Crippen LogP contribution in [0.2, 0.25) is 0 Å². The number of amides is 1. The zero-order valence-corrected chi connectivity index (χ0v) is 20.3. The van der Waals surface area contributed by atoms with Gasteiger partial charge >= 0.3 is 0 Å². The van der Waals surface area contributed by atoms with Gasteiger partial charge in [0, 0.05) is 61.9 Å². The average molecular weight is 455 g/mol. The zero-order chi connectivity index (χ0) is 23.5. The number of fused-ring (bicyclic) bond motifs is 1. The van der Waals surface area contributed by atoms with Gasteiger partial charge in [-0.2, -0.15) is 0 Å². The SMILES string of the molecule is CCN1CCN(c2ccc(NC(=O)c3ccc(N4CCc5ccccc5C4)cc3)c(C)c2)CC1. The summed E-state index contributed by atoms with van der Waals surface area (Å²) in [6.07, 6.45) is 1.06. The highest BCUT2D eigenvalue weighted by atomic mass is 16.1. The van der Waals surface area contributed by atoms with Gasteiger partial charge in [0.2, 0.25) is 0 Å². The van der Waals surface area contributed by atoms with E-state index in [-0.39, 0.29) is 5.91 Å². The van der Waals surface area contributed by atoms with Crippen molar-refractivity contribution in [3.63, 3.8) is 0 Å². The highest BCUT2D eigenvalue weighted by molar-refractivity contribution is 6.05. The van der Waals surface area contributed by atoms with Crippen LogP contribution >= 0.6 is 0 Å². The van der Waals surface area contributed by atoms with Crippen LogP contribution in [-0.4, -0.2) is 50.1 Å². The number of likely N-dealkylation sites (N-methyl/N-ethyl adjacent to an activating group) is 1. The first-order chi connectivity index (χ1) is 16.6. The molecule has 1 amide bonds. The summed E-state index contributed by atoms with van der Waals surface area (Å²) < 4.78 is 0.